The molecule has 0 atom stereocenters. The Kier molecular flexibility index (Phi) is 3.96. The average molecular weight is 245 g/mol. The van der Waals surface area contributed by atoms with Gasteiger partial charge in [-0.3, -0.25) is 9.48 Å². The van der Waals surface area contributed by atoms with Crippen molar-refractivity contribution in [1.82, 2.24) is 15.1 Å². The monoisotopic (exact) mass is 245 g/mol. The van der Waals surface area contributed by atoms with Crippen molar-refractivity contribution in [3.8, 4) is 5.75 Å². The highest BCUT2D eigenvalue weighted by molar-refractivity contribution is 5.77. The second kappa shape index (κ2) is 5.86. The molecule has 0 saturated heterocycles. The zero-order valence-corrected chi connectivity index (χ0v) is 10.2. The second-order valence-corrected chi connectivity index (χ2v) is 3.82. The van der Waals surface area contributed by atoms with Gasteiger partial charge in [0.15, 0.2) is 6.61 Å². The van der Waals surface area contributed by atoms with Gasteiger partial charge in [0.25, 0.3) is 5.91 Å². The van der Waals surface area contributed by atoms with Crippen LogP contribution in [0.5, 0.6) is 5.75 Å². The summed E-state index contributed by atoms with van der Waals surface area (Å²) in [5.41, 5.74) is 0.947. The largest absolute Gasteiger partial charge is 0.484 e. The Bertz CT molecular complexity index is 508. The molecule has 2 rings (SSSR count). The number of para-hydroxylation sites is 1. The third-order valence-electron chi connectivity index (χ3n) is 2.50. The fourth-order valence-corrected chi connectivity index (χ4v) is 1.48. The van der Waals surface area contributed by atoms with Crippen LogP contribution >= 0.6 is 0 Å². The molecule has 0 aliphatic rings. The van der Waals surface area contributed by atoms with E-state index in [9.17, 15) is 4.79 Å². The van der Waals surface area contributed by atoms with E-state index in [1.54, 1.807) is 10.9 Å². The third kappa shape index (κ3) is 3.35. The number of carbonyl (C=O) groups is 1. The number of amides is 1. The first-order chi connectivity index (χ1) is 8.75. The molecule has 0 aliphatic heterocycles. The molecule has 0 fully saturated rings. The zero-order valence-electron chi connectivity index (χ0n) is 10.2. The number of aryl methyl sites for hydroxylation is 1. The molecule has 0 bridgehead atoms. The number of rotatable bonds is 5. The van der Waals surface area contributed by atoms with Gasteiger partial charge in [-0.2, -0.15) is 5.10 Å². The van der Waals surface area contributed by atoms with Crippen molar-refractivity contribution < 1.29 is 9.53 Å². The molecule has 0 aliphatic carbocycles. The van der Waals surface area contributed by atoms with Crippen LogP contribution in [-0.2, 0) is 18.4 Å². The van der Waals surface area contributed by atoms with Crippen LogP contribution in [0.15, 0.2) is 42.6 Å². The van der Waals surface area contributed by atoms with E-state index in [1.807, 2.05) is 43.4 Å². The van der Waals surface area contributed by atoms with Crippen molar-refractivity contribution in [3.63, 3.8) is 0 Å². The Hall–Kier alpha value is -2.30. The number of ether oxygens (including phenoxy) is 1. The third-order valence-corrected chi connectivity index (χ3v) is 2.50. The molecule has 5 heteroatoms. The van der Waals surface area contributed by atoms with Gasteiger partial charge in [0.05, 0.1) is 12.2 Å². The topological polar surface area (TPSA) is 56.2 Å². The molecule has 1 amide bonds. The van der Waals surface area contributed by atoms with Crippen molar-refractivity contribution >= 4 is 5.91 Å². The minimum Gasteiger partial charge on any atom is -0.484 e. The Morgan fingerprint density at radius 2 is 2.11 bits per heavy atom. The number of hydrogen-bond donors (Lipinski definition) is 1. The van der Waals surface area contributed by atoms with Crippen molar-refractivity contribution in [2.75, 3.05) is 6.61 Å². The predicted molar refractivity (Wildman–Crippen MR) is 67.0 cm³/mol. The molecule has 94 valence electrons. The molecule has 0 spiro atoms. The van der Waals surface area contributed by atoms with E-state index in [0.29, 0.717) is 12.3 Å². The van der Waals surface area contributed by atoms with Gasteiger partial charge in [-0.25, -0.2) is 0 Å². The molecule has 0 radical (unpaired) electrons. The normalized spacial score (nSPS) is 10.1. The molecular formula is C13H15N3O2. The lowest BCUT2D eigenvalue weighted by atomic mass is 10.3. The van der Waals surface area contributed by atoms with E-state index in [0.717, 1.165) is 5.69 Å². The van der Waals surface area contributed by atoms with Crippen LogP contribution in [0.3, 0.4) is 0 Å². The molecule has 0 unspecified atom stereocenters. The maximum absolute atomic E-state index is 11.6. The van der Waals surface area contributed by atoms with Gasteiger partial charge in [-0.15, -0.1) is 0 Å². The molecule has 1 aromatic carbocycles. The lowest BCUT2D eigenvalue weighted by molar-refractivity contribution is -0.123. The SMILES string of the molecule is Cn1nccc1CNC(=O)COc1ccccc1. The summed E-state index contributed by atoms with van der Waals surface area (Å²) in [7, 11) is 1.84. The van der Waals surface area contributed by atoms with E-state index in [4.69, 9.17) is 4.74 Å². The van der Waals surface area contributed by atoms with E-state index in [2.05, 4.69) is 10.4 Å². The number of aromatic nitrogens is 2. The molecular weight excluding hydrogens is 230 g/mol. The molecule has 1 heterocycles. The van der Waals surface area contributed by atoms with Gasteiger partial charge < -0.3 is 10.1 Å². The van der Waals surface area contributed by atoms with Gasteiger partial charge in [0.2, 0.25) is 0 Å². The van der Waals surface area contributed by atoms with Crippen molar-refractivity contribution in [2.45, 2.75) is 6.54 Å². The molecule has 2 aromatic rings. The standard InChI is InChI=1S/C13H15N3O2/c1-16-11(7-8-15-16)9-14-13(17)10-18-12-5-3-2-4-6-12/h2-8H,9-10H2,1H3,(H,14,17). The fourth-order valence-electron chi connectivity index (χ4n) is 1.48. The Morgan fingerprint density at radius 3 is 2.78 bits per heavy atom. The predicted octanol–water partition coefficient (Wildman–Crippen LogP) is 1.12. The summed E-state index contributed by atoms with van der Waals surface area (Å²) in [6, 6.07) is 11.1. The number of hydrogen-bond acceptors (Lipinski definition) is 3. The summed E-state index contributed by atoms with van der Waals surface area (Å²) < 4.78 is 7.05. The Morgan fingerprint density at radius 1 is 1.33 bits per heavy atom. The van der Waals surface area contributed by atoms with Crippen LogP contribution in [-0.4, -0.2) is 22.3 Å². The lowest BCUT2D eigenvalue weighted by Gasteiger charge is -2.07. The van der Waals surface area contributed by atoms with Gasteiger partial charge in [-0.1, -0.05) is 18.2 Å². The maximum Gasteiger partial charge on any atom is 0.258 e. The summed E-state index contributed by atoms with van der Waals surface area (Å²) in [4.78, 5) is 11.6. The van der Waals surface area contributed by atoms with Crippen LogP contribution in [0.2, 0.25) is 0 Å². The zero-order chi connectivity index (χ0) is 12.8. The second-order valence-electron chi connectivity index (χ2n) is 3.82. The molecule has 1 aromatic heterocycles. The van der Waals surface area contributed by atoms with Crippen LogP contribution in [0.25, 0.3) is 0 Å². The van der Waals surface area contributed by atoms with Crippen LogP contribution in [0.4, 0.5) is 0 Å². The number of nitrogens with one attached hydrogen (secondary N) is 1. The highest BCUT2D eigenvalue weighted by Gasteiger charge is 2.04. The fraction of sp³-hybridized carbons (Fsp3) is 0.231. The van der Waals surface area contributed by atoms with E-state index >= 15 is 0 Å². The minimum absolute atomic E-state index is 0.0157. The van der Waals surface area contributed by atoms with Crippen molar-refractivity contribution in [1.29, 1.82) is 0 Å². The number of benzene rings is 1. The summed E-state index contributed by atoms with van der Waals surface area (Å²) in [5.74, 6) is 0.535. The smallest absolute Gasteiger partial charge is 0.258 e. The number of carbonyl (C=O) groups excluding carboxylic acids is 1. The maximum atomic E-state index is 11.6. The van der Waals surface area contributed by atoms with Gasteiger partial charge in [0.1, 0.15) is 5.75 Å². The first-order valence-electron chi connectivity index (χ1n) is 5.67. The molecule has 1 N–H and O–H groups in total. The van der Waals surface area contributed by atoms with Gasteiger partial charge in [-0.05, 0) is 18.2 Å². The highest BCUT2D eigenvalue weighted by atomic mass is 16.5. The summed E-state index contributed by atoms with van der Waals surface area (Å²) >= 11 is 0. The van der Waals surface area contributed by atoms with Crippen molar-refractivity contribution in [3.05, 3.63) is 48.3 Å². The quantitative estimate of drug-likeness (QED) is 0.858. The van der Waals surface area contributed by atoms with Crippen LogP contribution < -0.4 is 10.1 Å². The Labute approximate surface area is 105 Å². The first-order valence-corrected chi connectivity index (χ1v) is 5.67. The Balaban J connectivity index is 1.75. The van der Waals surface area contributed by atoms with E-state index < -0.39 is 0 Å². The molecule has 5 nitrogen and oxygen atoms in total. The van der Waals surface area contributed by atoms with Gasteiger partial charge >= 0.3 is 0 Å². The number of nitrogens with zero attached hydrogens (tertiary/aromatic N) is 2. The van der Waals surface area contributed by atoms with Crippen molar-refractivity contribution in [2.24, 2.45) is 7.05 Å². The van der Waals surface area contributed by atoms with Crippen LogP contribution in [0.1, 0.15) is 5.69 Å². The highest BCUT2D eigenvalue weighted by Crippen LogP contribution is 2.07. The van der Waals surface area contributed by atoms with Crippen LogP contribution in [0, 0.1) is 0 Å². The van der Waals surface area contributed by atoms with Gasteiger partial charge in [0, 0.05) is 13.2 Å². The van der Waals surface area contributed by atoms with E-state index in [1.165, 1.54) is 0 Å². The first kappa shape index (κ1) is 12.2. The lowest BCUT2D eigenvalue weighted by Crippen LogP contribution is -2.29. The summed E-state index contributed by atoms with van der Waals surface area (Å²) in [6.45, 7) is 0.468. The van der Waals surface area contributed by atoms with E-state index in [-0.39, 0.29) is 12.5 Å². The average Bonchev–Trinajstić information content (AvgIpc) is 2.81. The summed E-state index contributed by atoms with van der Waals surface area (Å²) in [5, 5.41) is 6.79. The minimum atomic E-state index is -0.153. The molecule has 0 saturated carbocycles. The summed E-state index contributed by atoms with van der Waals surface area (Å²) in [6.07, 6.45) is 1.70. The molecule has 18 heavy (non-hydrogen) atoms.